The number of hydrogen-bond donors (Lipinski definition) is 3. The lowest BCUT2D eigenvalue weighted by atomic mass is 9.69. The Morgan fingerprint density at radius 2 is 1.97 bits per heavy atom. The van der Waals surface area contributed by atoms with Crippen molar-refractivity contribution in [1.82, 2.24) is 20.4 Å². The van der Waals surface area contributed by atoms with Crippen LogP contribution in [0, 0.1) is 0 Å². The standard InChI is InChI=1S/C24H35N5O3.HI/c1-4-25-22(26-15-23(2,30)19-13-28-29(3)14-19)27-16-24(10-6-5-7-11-24)18-8-9-20-21(12-18)32-17-31-20;/h8-9,12-14,30H,4-7,10-11,15-17H2,1-3H3,(H2,25,26,27);1H. The van der Waals surface area contributed by atoms with Crippen molar-refractivity contribution in [3.05, 3.63) is 41.7 Å². The maximum Gasteiger partial charge on any atom is 0.231 e. The number of nitrogens with zero attached hydrogens (tertiary/aromatic N) is 3. The first-order valence-corrected chi connectivity index (χ1v) is 11.6. The normalized spacial score (nSPS) is 18.8. The number of aryl methyl sites for hydroxylation is 1. The van der Waals surface area contributed by atoms with Crippen molar-refractivity contribution in [2.45, 2.75) is 57.0 Å². The number of ether oxygens (including phenoxy) is 2. The Balaban J connectivity index is 0.00000306. The second-order valence-electron chi connectivity index (χ2n) is 9.13. The molecule has 9 heteroatoms. The van der Waals surface area contributed by atoms with Gasteiger partial charge in [0.15, 0.2) is 17.5 Å². The third kappa shape index (κ3) is 5.92. The summed E-state index contributed by atoms with van der Waals surface area (Å²) in [6.45, 7) is 5.87. The summed E-state index contributed by atoms with van der Waals surface area (Å²) >= 11 is 0. The lowest BCUT2D eigenvalue weighted by Crippen LogP contribution is -2.47. The van der Waals surface area contributed by atoms with Crippen molar-refractivity contribution < 1.29 is 14.6 Å². The highest BCUT2D eigenvalue weighted by atomic mass is 127. The average Bonchev–Trinajstić information content (AvgIpc) is 3.45. The molecule has 4 rings (SSSR count). The molecule has 1 fully saturated rings. The maximum absolute atomic E-state index is 10.9. The number of hydrogen-bond acceptors (Lipinski definition) is 5. The first-order chi connectivity index (χ1) is 15.4. The summed E-state index contributed by atoms with van der Waals surface area (Å²) in [5.74, 6) is 2.36. The molecule has 0 spiro atoms. The van der Waals surface area contributed by atoms with Gasteiger partial charge in [0.1, 0.15) is 5.60 Å². The van der Waals surface area contributed by atoms with Crippen molar-refractivity contribution in [2.75, 3.05) is 26.4 Å². The first kappa shape index (κ1) is 25.6. The highest BCUT2D eigenvalue weighted by molar-refractivity contribution is 14.0. The van der Waals surface area contributed by atoms with Gasteiger partial charge in [0.25, 0.3) is 0 Å². The van der Waals surface area contributed by atoms with Gasteiger partial charge in [0.2, 0.25) is 6.79 Å². The van der Waals surface area contributed by atoms with E-state index in [1.807, 2.05) is 26.2 Å². The first-order valence-electron chi connectivity index (χ1n) is 11.6. The fraction of sp³-hybridized carbons (Fsp3) is 0.583. The van der Waals surface area contributed by atoms with E-state index in [9.17, 15) is 5.11 Å². The van der Waals surface area contributed by atoms with Crippen LogP contribution in [0.2, 0.25) is 0 Å². The molecule has 182 valence electrons. The number of rotatable bonds is 7. The van der Waals surface area contributed by atoms with E-state index < -0.39 is 5.60 Å². The summed E-state index contributed by atoms with van der Waals surface area (Å²) in [4.78, 5) is 4.70. The molecule has 1 unspecified atom stereocenters. The maximum atomic E-state index is 10.9. The second-order valence-corrected chi connectivity index (χ2v) is 9.13. The fourth-order valence-electron chi connectivity index (χ4n) is 4.64. The summed E-state index contributed by atoms with van der Waals surface area (Å²) in [5.41, 5.74) is 0.966. The molecule has 0 amide bonds. The van der Waals surface area contributed by atoms with Crippen LogP contribution < -0.4 is 20.1 Å². The molecule has 1 aliphatic carbocycles. The van der Waals surface area contributed by atoms with E-state index in [0.29, 0.717) is 5.96 Å². The van der Waals surface area contributed by atoms with E-state index in [1.165, 1.54) is 24.8 Å². The summed E-state index contributed by atoms with van der Waals surface area (Å²) in [6, 6.07) is 6.35. The SMILES string of the molecule is CCNC(=NCC(C)(O)c1cnn(C)c1)NCC1(c2ccc3c(c2)OCO3)CCCCC1.I. The summed E-state index contributed by atoms with van der Waals surface area (Å²) in [6.07, 6.45) is 9.44. The molecule has 0 bridgehead atoms. The van der Waals surface area contributed by atoms with Gasteiger partial charge < -0.3 is 25.2 Å². The number of aliphatic imine (C=N–C) groups is 1. The summed E-state index contributed by atoms with van der Waals surface area (Å²) in [5, 5.41) is 22.0. The van der Waals surface area contributed by atoms with Crippen molar-refractivity contribution in [2.24, 2.45) is 12.0 Å². The number of halogens is 1. The minimum atomic E-state index is -1.09. The Kier molecular flexibility index (Phi) is 8.49. The number of benzene rings is 1. The van der Waals surface area contributed by atoms with Crippen LogP contribution in [0.5, 0.6) is 11.5 Å². The largest absolute Gasteiger partial charge is 0.454 e. The van der Waals surface area contributed by atoms with Crippen LogP contribution in [0.1, 0.15) is 57.1 Å². The Bertz CT molecular complexity index is 953. The number of aromatic nitrogens is 2. The molecular weight excluding hydrogens is 533 g/mol. The van der Waals surface area contributed by atoms with Gasteiger partial charge in [0, 0.05) is 37.3 Å². The van der Waals surface area contributed by atoms with Crippen LogP contribution in [0.25, 0.3) is 0 Å². The van der Waals surface area contributed by atoms with E-state index >= 15 is 0 Å². The topological polar surface area (TPSA) is 92.9 Å². The predicted octanol–water partition coefficient (Wildman–Crippen LogP) is 3.43. The minimum Gasteiger partial charge on any atom is -0.454 e. The molecule has 2 heterocycles. The molecule has 1 saturated carbocycles. The van der Waals surface area contributed by atoms with Gasteiger partial charge in [-0.15, -0.1) is 24.0 Å². The van der Waals surface area contributed by atoms with Crippen molar-refractivity contribution >= 4 is 29.9 Å². The van der Waals surface area contributed by atoms with Gasteiger partial charge in [-0.05, 0) is 44.4 Å². The van der Waals surface area contributed by atoms with Crippen molar-refractivity contribution in [1.29, 1.82) is 0 Å². The number of aliphatic hydroxyl groups is 1. The molecule has 1 aromatic heterocycles. The smallest absolute Gasteiger partial charge is 0.231 e. The van der Waals surface area contributed by atoms with E-state index in [4.69, 9.17) is 14.5 Å². The zero-order valence-electron chi connectivity index (χ0n) is 19.8. The molecule has 8 nitrogen and oxygen atoms in total. The van der Waals surface area contributed by atoms with E-state index in [-0.39, 0.29) is 42.7 Å². The fourth-order valence-corrected chi connectivity index (χ4v) is 4.64. The Labute approximate surface area is 213 Å². The number of nitrogens with one attached hydrogen (secondary N) is 2. The number of fused-ring (bicyclic) bond motifs is 1. The van der Waals surface area contributed by atoms with Gasteiger partial charge in [0.05, 0.1) is 12.7 Å². The zero-order chi connectivity index (χ0) is 22.6. The van der Waals surface area contributed by atoms with Crippen LogP contribution in [0.15, 0.2) is 35.6 Å². The Morgan fingerprint density at radius 1 is 1.21 bits per heavy atom. The Hall–Kier alpha value is -2.01. The molecule has 2 aromatic rings. The van der Waals surface area contributed by atoms with Crippen LogP contribution in [0.3, 0.4) is 0 Å². The van der Waals surface area contributed by atoms with Gasteiger partial charge in [-0.2, -0.15) is 5.10 Å². The third-order valence-corrected chi connectivity index (χ3v) is 6.61. The van der Waals surface area contributed by atoms with E-state index in [1.54, 1.807) is 17.8 Å². The van der Waals surface area contributed by atoms with Gasteiger partial charge in [-0.1, -0.05) is 25.3 Å². The molecule has 3 N–H and O–H groups in total. The predicted molar refractivity (Wildman–Crippen MR) is 140 cm³/mol. The van der Waals surface area contributed by atoms with E-state index in [2.05, 4.69) is 27.9 Å². The average molecular weight is 569 g/mol. The van der Waals surface area contributed by atoms with Crippen LogP contribution in [-0.2, 0) is 18.1 Å². The molecule has 0 saturated heterocycles. The lowest BCUT2D eigenvalue weighted by Gasteiger charge is -2.38. The summed E-state index contributed by atoms with van der Waals surface area (Å²) < 4.78 is 12.8. The van der Waals surface area contributed by atoms with Crippen molar-refractivity contribution in [3.8, 4) is 11.5 Å². The molecule has 0 radical (unpaired) electrons. The molecule has 2 aliphatic rings. The van der Waals surface area contributed by atoms with Gasteiger partial charge in [-0.3, -0.25) is 4.68 Å². The Morgan fingerprint density at radius 3 is 2.67 bits per heavy atom. The lowest BCUT2D eigenvalue weighted by molar-refractivity contribution is 0.0671. The van der Waals surface area contributed by atoms with E-state index in [0.717, 1.165) is 43.0 Å². The van der Waals surface area contributed by atoms with Crippen LogP contribution in [0.4, 0.5) is 0 Å². The summed E-state index contributed by atoms with van der Waals surface area (Å²) in [7, 11) is 1.84. The number of guanidine groups is 1. The molecule has 1 aliphatic heterocycles. The third-order valence-electron chi connectivity index (χ3n) is 6.61. The van der Waals surface area contributed by atoms with Crippen LogP contribution in [-0.4, -0.2) is 47.3 Å². The highest BCUT2D eigenvalue weighted by Crippen LogP contribution is 2.43. The van der Waals surface area contributed by atoms with Gasteiger partial charge in [-0.25, -0.2) is 4.99 Å². The molecular formula is C24H36IN5O3. The van der Waals surface area contributed by atoms with Crippen LogP contribution >= 0.6 is 24.0 Å². The van der Waals surface area contributed by atoms with Gasteiger partial charge >= 0.3 is 0 Å². The zero-order valence-corrected chi connectivity index (χ0v) is 22.1. The molecule has 1 aromatic carbocycles. The van der Waals surface area contributed by atoms with Crippen molar-refractivity contribution in [3.63, 3.8) is 0 Å². The monoisotopic (exact) mass is 569 g/mol. The second kappa shape index (κ2) is 10.9. The quantitative estimate of drug-likeness (QED) is 0.269. The molecule has 33 heavy (non-hydrogen) atoms. The highest BCUT2D eigenvalue weighted by Gasteiger charge is 2.35. The molecule has 1 atom stereocenters. The minimum absolute atomic E-state index is 0.